The zero-order valence-electron chi connectivity index (χ0n) is 11.0. The summed E-state index contributed by atoms with van der Waals surface area (Å²) < 4.78 is 46.6. The van der Waals surface area contributed by atoms with Crippen LogP contribution in [0.25, 0.3) is 11.0 Å². The molecule has 0 aliphatic rings. The zero-order valence-corrected chi connectivity index (χ0v) is 12.6. The largest absolute Gasteiger partial charge is 0.464 e. The number of furan rings is 1. The van der Waals surface area contributed by atoms with Gasteiger partial charge in [-0.1, -0.05) is 15.9 Å². The summed E-state index contributed by atoms with van der Waals surface area (Å²) in [6, 6.07) is 3.33. The highest BCUT2D eigenvalue weighted by molar-refractivity contribution is 9.10. The molecule has 0 unspecified atom stereocenters. The first-order valence-corrected chi connectivity index (χ1v) is 6.86. The molecule has 1 amide bonds. The van der Waals surface area contributed by atoms with Crippen LogP contribution in [0, 0.1) is 0 Å². The zero-order chi connectivity index (χ0) is 16.3. The second kappa shape index (κ2) is 6.57. The van der Waals surface area contributed by atoms with Gasteiger partial charge in [-0.3, -0.25) is 0 Å². The van der Waals surface area contributed by atoms with Crippen LogP contribution < -0.4 is 5.32 Å². The van der Waals surface area contributed by atoms with E-state index in [0.717, 1.165) is 0 Å². The van der Waals surface area contributed by atoms with Crippen molar-refractivity contribution < 1.29 is 32.2 Å². The monoisotopic (exact) mass is 381 g/mol. The molecule has 1 aromatic carbocycles. The molecule has 0 saturated carbocycles. The van der Waals surface area contributed by atoms with E-state index in [4.69, 9.17) is 9.15 Å². The number of aliphatic hydroxyl groups excluding tert-OH is 1. The average molecular weight is 382 g/mol. The van der Waals surface area contributed by atoms with Gasteiger partial charge in [0.15, 0.2) is 0 Å². The highest BCUT2D eigenvalue weighted by Gasteiger charge is 2.28. The molecule has 0 aliphatic carbocycles. The van der Waals surface area contributed by atoms with Crippen LogP contribution in [-0.2, 0) is 18.0 Å². The first-order valence-electron chi connectivity index (χ1n) is 6.07. The maximum Gasteiger partial charge on any atom is 0.407 e. The maximum atomic E-state index is 12.0. The van der Waals surface area contributed by atoms with Crippen molar-refractivity contribution >= 4 is 33.0 Å². The lowest BCUT2D eigenvalue weighted by atomic mass is 10.1. The van der Waals surface area contributed by atoms with Crippen molar-refractivity contribution in [2.45, 2.75) is 19.4 Å². The molecule has 1 aromatic heterocycles. The lowest BCUT2D eigenvalue weighted by molar-refractivity contribution is -0.123. The number of aliphatic hydroxyl groups is 1. The molecular weight excluding hydrogens is 371 g/mol. The predicted molar refractivity (Wildman–Crippen MR) is 74.1 cm³/mol. The lowest BCUT2D eigenvalue weighted by Crippen LogP contribution is -2.34. The van der Waals surface area contributed by atoms with Gasteiger partial charge < -0.3 is 19.6 Å². The molecule has 0 fully saturated rings. The van der Waals surface area contributed by atoms with Gasteiger partial charge in [-0.2, -0.15) is 13.2 Å². The van der Waals surface area contributed by atoms with E-state index in [1.54, 1.807) is 17.4 Å². The number of halogens is 4. The maximum absolute atomic E-state index is 12.0. The van der Waals surface area contributed by atoms with Gasteiger partial charge in [0.25, 0.3) is 0 Å². The first-order chi connectivity index (χ1) is 10.3. The lowest BCUT2D eigenvalue weighted by Gasteiger charge is -2.09. The number of alkyl halides is 3. The van der Waals surface area contributed by atoms with E-state index in [1.165, 1.54) is 6.26 Å². The summed E-state index contributed by atoms with van der Waals surface area (Å²) >= 11 is 3.27. The van der Waals surface area contributed by atoms with Gasteiger partial charge in [0.05, 0.1) is 12.9 Å². The van der Waals surface area contributed by atoms with Crippen molar-refractivity contribution in [3.63, 3.8) is 0 Å². The van der Waals surface area contributed by atoms with Gasteiger partial charge in [-0.05, 0) is 12.1 Å². The normalized spacial score (nSPS) is 11.7. The van der Waals surface area contributed by atoms with Gasteiger partial charge in [0.2, 0.25) is 0 Å². The Labute approximate surface area is 131 Å². The van der Waals surface area contributed by atoms with Crippen LogP contribution >= 0.6 is 15.9 Å². The quantitative estimate of drug-likeness (QED) is 0.850. The van der Waals surface area contributed by atoms with Crippen molar-refractivity contribution in [1.82, 2.24) is 5.32 Å². The number of amides is 1. The van der Waals surface area contributed by atoms with Crippen LogP contribution in [0.1, 0.15) is 11.1 Å². The fourth-order valence-electron chi connectivity index (χ4n) is 1.82. The summed E-state index contributed by atoms with van der Waals surface area (Å²) in [5, 5.41) is 11.4. The molecule has 5 nitrogen and oxygen atoms in total. The van der Waals surface area contributed by atoms with E-state index >= 15 is 0 Å². The third-order valence-corrected chi connectivity index (χ3v) is 3.22. The standard InChI is InChI=1S/C13H11BrF3NO4/c14-9-1-7(4-22-12(20)18-6-13(15,16)17)11-10(2-9)8(3-19)5-21-11/h1-2,5,19H,3-4,6H2,(H,18,20). The molecule has 2 rings (SSSR count). The van der Waals surface area contributed by atoms with Gasteiger partial charge in [-0.15, -0.1) is 0 Å². The van der Waals surface area contributed by atoms with Crippen molar-refractivity contribution in [2.75, 3.05) is 6.54 Å². The molecular formula is C13H11BrF3NO4. The third-order valence-electron chi connectivity index (χ3n) is 2.76. The van der Waals surface area contributed by atoms with Crippen LogP contribution in [0.3, 0.4) is 0 Å². The number of hydrogen-bond acceptors (Lipinski definition) is 4. The molecule has 0 bridgehead atoms. The Bertz CT molecular complexity index is 684. The molecule has 120 valence electrons. The Kier molecular flexibility index (Phi) is 4.97. The van der Waals surface area contributed by atoms with Gasteiger partial charge >= 0.3 is 12.3 Å². The molecule has 0 radical (unpaired) electrons. The van der Waals surface area contributed by atoms with Crippen LogP contribution in [0.4, 0.5) is 18.0 Å². The molecule has 1 heterocycles. The molecule has 9 heteroatoms. The molecule has 0 spiro atoms. The van der Waals surface area contributed by atoms with E-state index in [2.05, 4.69) is 15.9 Å². The van der Waals surface area contributed by atoms with Crippen molar-refractivity contribution in [3.8, 4) is 0 Å². The first kappa shape index (κ1) is 16.6. The summed E-state index contributed by atoms with van der Waals surface area (Å²) in [6.45, 7) is -1.96. The Morgan fingerprint density at radius 3 is 2.73 bits per heavy atom. The summed E-state index contributed by atoms with van der Waals surface area (Å²) in [7, 11) is 0. The van der Waals surface area contributed by atoms with E-state index in [1.807, 2.05) is 0 Å². The Hall–Kier alpha value is -1.74. The Balaban J connectivity index is 2.08. The van der Waals surface area contributed by atoms with Crippen LogP contribution in [0.15, 0.2) is 27.3 Å². The van der Waals surface area contributed by atoms with E-state index < -0.39 is 18.8 Å². The number of alkyl carbamates (subject to hydrolysis) is 1. The second-order valence-corrected chi connectivity index (χ2v) is 5.32. The highest BCUT2D eigenvalue weighted by atomic mass is 79.9. The van der Waals surface area contributed by atoms with Crippen LogP contribution in [-0.4, -0.2) is 23.9 Å². The number of carbonyl (C=O) groups is 1. The fourth-order valence-corrected chi connectivity index (χ4v) is 2.32. The summed E-state index contributed by atoms with van der Waals surface area (Å²) in [5.74, 6) is 0. The minimum atomic E-state index is -4.50. The van der Waals surface area contributed by atoms with E-state index in [0.29, 0.717) is 26.6 Å². The smallest absolute Gasteiger partial charge is 0.407 e. The van der Waals surface area contributed by atoms with Crippen LogP contribution in [0.5, 0.6) is 0 Å². The number of benzene rings is 1. The van der Waals surface area contributed by atoms with E-state index in [-0.39, 0.29) is 13.2 Å². The fraction of sp³-hybridized carbons (Fsp3) is 0.308. The average Bonchev–Trinajstić information content (AvgIpc) is 2.84. The molecule has 0 atom stereocenters. The second-order valence-electron chi connectivity index (χ2n) is 4.41. The topological polar surface area (TPSA) is 71.7 Å². The molecule has 22 heavy (non-hydrogen) atoms. The Morgan fingerprint density at radius 2 is 2.09 bits per heavy atom. The molecule has 2 N–H and O–H groups in total. The third kappa shape index (κ3) is 4.14. The molecule has 0 saturated heterocycles. The highest BCUT2D eigenvalue weighted by Crippen LogP contribution is 2.29. The number of carbonyl (C=O) groups excluding carboxylic acids is 1. The van der Waals surface area contributed by atoms with Gasteiger partial charge in [0.1, 0.15) is 18.7 Å². The van der Waals surface area contributed by atoms with Gasteiger partial charge in [-0.25, -0.2) is 4.79 Å². The predicted octanol–water partition coefficient (Wildman–Crippen LogP) is 3.48. The van der Waals surface area contributed by atoms with Crippen molar-refractivity contribution in [1.29, 1.82) is 0 Å². The molecule has 2 aromatic rings. The molecule has 0 aliphatic heterocycles. The number of nitrogens with one attached hydrogen (secondary N) is 1. The Morgan fingerprint density at radius 1 is 1.36 bits per heavy atom. The van der Waals surface area contributed by atoms with Crippen molar-refractivity contribution in [2.24, 2.45) is 0 Å². The SMILES string of the molecule is O=C(NCC(F)(F)F)OCc1cc(Br)cc2c(CO)coc12. The summed E-state index contributed by atoms with van der Waals surface area (Å²) in [4.78, 5) is 11.2. The van der Waals surface area contributed by atoms with E-state index in [9.17, 15) is 23.1 Å². The minimum Gasteiger partial charge on any atom is -0.464 e. The number of rotatable bonds is 4. The summed E-state index contributed by atoms with van der Waals surface area (Å²) in [6.07, 6.45) is -4.32. The minimum absolute atomic E-state index is 0.226. The van der Waals surface area contributed by atoms with Crippen molar-refractivity contribution in [3.05, 3.63) is 34.0 Å². The number of fused-ring (bicyclic) bond motifs is 1. The number of hydrogen-bond donors (Lipinski definition) is 2. The summed E-state index contributed by atoms with van der Waals surface area (Å²) in [5.41, 5.74) is 1.42. The number of ether oxygens (including phenoxy) is 1. The van der Waals surface area contributed by atoms with Crippen LogP contribution in [0.2, 0.25) is 0 Å². The van der Waals surface area contributed by atoms with Gasteiger partial charge in [0, 0.05) is 21.0 Å².